The predicted molar refractivity (Wildman–Crippen MR) is 121 cm³/mol. The minimum absolute atomic E-state index is 0.0225. The van der Waals surface area contributed by atoms with Crippen LogP contribution in [0.1, 0.15) is 31.2 Å². The van der Waals surface area contributed by atoms with Crippen LogP contribution in [0.15, 0.2) is 60.7 Å². The van der Waals surface area contributed by atoms with E-state index in [1.807, 2.05) is 60.7 Å². The highest BCUT2D eigenvalue weighted by Crippen LogP contribution is 2.25. The molecular weight excluding hydrogens is 390 g/mol. The van der Waals surface area contributed by atoms with Crippen LogP contribution >= 0.6 is 0 Å². The third kappa shape index (κ3) is 5.20. The van der Waals surface area contributed by atoms with Gasteiger partial charge in [0.05, 0.1) is 0 Å². The Morgan fingerprint density at radius 3 is 2.45 bits per heavy atom. The van der Waals surface area contributed by atoms with Gasteiger partial charge in [0.2, 0.25) is 17.7 Å². The SMILES string of the molecule is O=C(Nc1cccc(N2CCCC2=O)c1)C1CCN(C(=O)/C=C/c2ccccc2)CC1. The summed E-state index contributed by atoms with van der Waals surface area (Å²) in [6, 6.07) is 17.2. The smallest absolute Gasteiger partial charge is 0.246 e. The lowest BCUT2D eigenvalue weighted by molar-refractivity contribution is -0.130. The highest BCUT2D eigenvalue weighted by Gasteiger charge is 2.27. The first-order valence-corrected chi connectivity index (χ1v) is 10.8. The van der Waals surface area contributed by atoms with E-state index in [0.717, 1.165) is 24.2 Å². The number of nitrogens with zero attached hydrogens (tertiary/aromatic N) is 2. The quantitative estimate of drug-likeness (QED) is 0.754. The number of carbonyl (C=O) groups is 3. The standard InChI is InChI=1S/C25H27N3O3/c29-23(12-11-19-6-2-1-3-7-19)27-16-13-20(14-17-27)25(31)26-21-8-4-9-22(18-21)28-15-5-10-24(28)30/h1-4,6-9,11-12,18,20H,5,10,13-17H2,(H,26,31)/b12-11+. The van der Waals surface area contributed by atoms with Crippen molar-refractivity contribution in [3.63, 3.8) is 0 Å². The second-order valence-electron chi connectivity index (χ2n) is 8.03. The van der Waals surface area contributed by atoms with E-state index in [4.69, 9.17) is 0 Å². The summed E-state index contributed by atoms with van der Waals surface area (Å²) < 4.78 is 0. The highest BCUT2D eigenvalue weighted by molar-refractivity contribution is 5.97. The van der Waals surface area contributed by atoms with Crippen molar-refractivity contribution in [2.45, 2.75) is 25.7 Å². The number of carbonyl (C=O) groups excluding carboxylic acids is 3. The van der Waals surface area contributed by atoms with Crippen LogP contribution in [0.25, 0.3) is 6.08 Å². The van der Waals surface area contributed by atoms with Gasteiger partial charge in [-0.1, -0.05) is 36.4 Å². The van der Waals surface area contributed by atoms with Crippen molar-refractivity contribution in [3.8, 4) is 0 Å². The van der Waals surface area contributed by atoms with Crippen LogP contribution in [-0.2, 0) is 14.4 Å². The van der Waals surface area contributed by atoms with Gasteiger partial charge in [0.1, 0.15) is 0 Å². The number of hydrogen-bond acceptors (Lipinski definition) is 3. The van der Waals surface area contributed by atoms with E-state index >= 15 is 0 Å². The van der Waals surface area contributed by atoms with Crippen LogP contribution in [0, 0.1) is 5.92 Å². The van der Waals surface area contributed by atoms with Gasteiger partial charge in [0.25, 0.3) is 0 Å². The fraction of sp³-hybridized carbons (Fsp3) is 0.320. The largest absolute Gasteiger partial charge is 0.339 e. The molecule has 0 saturated carbocycles. The zero-order valence-corrected chi connectivity index (χ0v) is 17.5. The zero-order chi connectivity index (χ0) is 21.6. The topological polar surface area (TPSA) is 69.7 Å². The molecule has 31 heavy (non-hydrogen) atoms. The summed E-state index contributed by atoms with van der Waals surface area (Å²) in [6.07, 6.45) is 6.14. The third-order valence-electron chi connectivity index (χ3n) is 5.89. The number of benzene rings is 2. The van der Waals surface area contributed by atoms with Gasteiger partial charge in [0, 0.05) is 49.4 Å². The second-order valence-corrected chi connectivity index (χ2v) is 8.03. The van der Waals surface area contributed by atoms with Crippen LogP contribution < -0.4 is 10.2 Å². The van der Waals surface area contributed by atoms with Crippen LogP contribution in [-0.4, -0.2) is 42.3 Å². The Balaban J connectivity index is 1.29. The minimum atomic E-state index is -0.126. The molecule has 2 heterocycles. The maximum Gasteiger partial charge on any atom is 0.246 e. The molecule has 0 aliphatic carbocycles. The highest BCUT2D eigenvalue weighted by atomic mass is 16.2. The summed E-state index contributed by atoms with van der Waals surface area (Å²) in [7, 11) is 0. The van der Waals surface area contributed by atoms with Crippen LogP contribution in [0.3, 0.4) is 0 Å². The summed E-state index contributed by atoms with van der Waals surface area (Å²) in [5, 5.41) is 2.99. The first kappa shape index (κ1) is 20.8. The first-order valence-electron chi connectivity index (χ1n) is 10.8. The van der Waals surface area contributed by atoms with Gasteiger partial charge >= 0.3 is 0 Å². The van der Waals surface area contributed by atoms with Gasteiger partial charge in [-0.3, -0.25) is 14.4 Å². The molecule has 0 bridgehead atoms. The zero-order valence-electron chi connectivity index (χ0n) is 17.5. The fourth-order valence-corrected chi connectivity index (χ4v) is 4.12. The number of hydrogen-bond donors (Lipinski definition) is 1. The molecule has 1 N–H and O–H groups in total. The maximum atomic E-state index is 12.7. The number of nitrogens with one attached hydrogen (secondary N) is 1. The molecule has 4 rings (SSSR count). The molecule has 0 atom stereocenters. The number of amides is 3. The molecule has 6 heteroatoms. The van der Waals surface area contributed by atoms with Gasteiger partial charge in [-0.2, -0.15) is 0 Å². The van der Waals surface area contributed by atoms with E-state index < -0.39 is 0 Å². The van der Waals surface area contributed by atoms with Gasteiger partial charge in [-0.25, -0.2) is 0 Å². The van der Waals surface area contributed by atoms with Crippen molar-refractivity contribution in [1.82, 2.24) is 4.90 Å². The van der Waals surface area contributed by atoms with Gasteiger partial charge in [0.15, 0.2) is 0 Å². The number of rotatable bonds is 5. The lowest BCUT2D eigenvalue weighted by Crippen LogP contribution is -2.40. The molecule has 0 unspecified atom stereocenters. The Bertz CT molecular complexity index is 979. The third-order valence-corrected chi connectivity index (χ3v) is 5.89. The minimum Gasteiger partial charge on any atom is -0.339 e. The van der Waals surface area contributed by atoms with E-state index in [0.29, 0.717) is 38.0 Å². The van der Waals surface area contributed by atoms with Crippen molar-refractivity contribution in [1.29, 1.82) is 0 Å². The Hall–Kier alpha value is -3.41. The number of piperidine rings is 1. The normalized spacial score (nSPS) is 17.4. The van der Waals surface area contributed by atoms with Crippen LogP contribution in [0.2, 0.25) is 0 Å². The molecule has 2 saturated heterocycles. The van der Waals surface area contributed by atoms with E-state index in [2.05, 4.69) is 5.32 Å². The monoisotopic (exact) mass is 417 g/mol. The molecule has 2 fully saturated rings. The average Bonchev–Trinajstić information content (AvgIpc) is 3.24. The van der Waals surface area contributed by atoms with Crippen molar-refractivity contribution < 1.29 is 14.4 Å². The summed E-state index contributed by atoms with van der Waals surface area (Å²) in [5.74, 6) is -0.0522. The molecule has 2 aromatic carbocycles. The molecule has 3 amide bonds. The van der Waals surface area contributed by atoms with E-state index in [1.165, 1.54) is 0 Å². The van der Waals surface area contributed by atoms with Crippen LogP contribution in [0.4, 0.5) is 11.4 Å². The van der Waals surface area contributed by atoms with Gasteiger partial charge in [-0.15, -0.1) is 0 Å². The molecule has 0 aromatic heterocycles. The fourth-order valence-electron chi connectivity index (χ4n) is 4.12. The first-order chi connectivity index (χ1) is 15.1. The Morgan fingerprint density at radius 1 is 0.968 bits per heavy atom. The lowest BCUT2D eigenvalue weighted by Gasteiger charge is -2.30. The summed E-state index contributed by atoms with van der Waals surface area (Å²) in [6.45, 7) is 1.86. The van der Waals surface area contributed by atoms with Gasteiger partial charge < -0.3 is 15.1 Å². The van der Waals surface area contributed by atoms with Crippen molar-refractivity contribution in [2.24, 2.45) is 5.92 Å². The van der Waals surface area contributed by atoms with Gasteiger partial charge in [-0.05, 0) is 49.1 Å². The molecule has 2 aliphatic heterocycles. The predicted octanol–water partition coefficient (Wildman–Crippen LogP) is 3.70. The van der Waals surface area contributed by atoms with E-state index in [1.54, 1.807) is 15.9 Å². The number of anilines is 2. The van der Waals surface area contributed by atoms with E-state index in [9.17, 15) is 14.4 Å². The van der Waals surface area contributed by atoms with Crippen LogP contribution in [0.5, 0.6) is 0 Å². The summed E-state index contributed by atoms with van der Waals surface area (Å²) >= 11 is 0. The molecule has 6 nitrogen and oxygen atoms in total. The molecule has 2 aromatic rings. The number of likely N-dealkylation sites (tertiary alicyclic amines) is 1. The van der Waals surface area contributed by atoms with E-state index in [-0.39, 0.29) is 23.6 Å². The summed E-state index contributed by atoms with van der Waals surface area (Å²) in [5.41, 5.74) is 2.51. The molecule has 0 spiro atoms. The second kappa shape index (κ2) is 9.60. The Kier molecular flexibility index (Phi) is 6.46. The Labute approximate surface area is 182 Å². The van der Waals surface area contributed by atoms with Crippen molar-refractivity contribution >= 4 is 35.2 Å². The lowest BCUT2D eigenvalue weighted by atomic mass is 9.95. The molecular formula is C25H27N3O3. The maximum absolute atomic E-state index is 12.7. The average molecular weight is 418 g/mol. The molecule has 160 valence electrons. The Morgan fingerprint density at radius 2 is 1.74 bits per heavy atom. The summed E-state index contributed by atoms with van der Waals surface area (Å²) in [4.78, 5) is 40.7. The van der Waals surface area contributed by atoms with Crippen molar-refractivity contribution in [2.75, 3.05) is 29.9 Å². The molecule has 2 aliphatic rings. The van der Waals surface area contributed by atoms with Crippen molar-refractivity contribution in [3.05, 3.63) is 66.2 Å². The molecule has 0 radical (unpaired) electrons.